The summed E-state index contributed by atoms with van der Waals surface area (Å²) in [5.74, 6) is 1.83. The second kappa shape index (κ2) is 6.55. The average Bonchev–Trinajstić information content (AvgIpc) is 3.31. The van der Waals surface area contributed by atoms with Gasteiger partial charge >= 0.3 is 0 Å². The molecule has 0 aliphatic heterocycles. The normalized spacial score (nSPS) is 25.1. The van der Waals surface area contributed by atoms with Crippen LogP contribution in [-0.2, 0) is 4.79 Å². The predicted molar refractivity (Wildman–Crippen MR) is 92.8 cm³/mol. The fourth-order valence-electron chi connectivity index (χ4n) is 3.96. The SMILES string of the molecule is Cc1ccc(NC(=O)CSc2nnnn2[C@H]2C[C@H]3CC[C@@H]2C3)cc1. The number of thioether (sulfide) groups is 1. The highest BCUT2D eigenvalue weighted by Crippen LogP contribution is 2.50. The lowest BCUT2D eigenvalue weighted by Gasteiger charge is -2.22. The van der Waals surface area contributed by atoms with E-state index in [0.29, 0.717) is 17.7 Å². The lowest BCUT2D eigenvalue weighted by atomic mass is 9.96. The molecule has 2 saturated carbocycles. The molecule has 1 aromatic carbocycles. The Balaban J connectivity index is 1.35. The molecule has 24 heavy (non-hydrogen) atoms. The number of hydrogen-bond donors (Lipinski definition) is 1. The molecule has 0 saturated heterocycles. The number of carbonyl (C=O) groups is 1. The van der Waals surface area contributed by atoms with E-state index in [9.17, 15) is 4.79 Å². The lowest BCUT2D eigenvalue weighted by Crippen LogP contribution is -2.19. The number of tetrazole rings is 1. The summed E-state index contributed by atoms with van der Waals surface area (Å²) in [4.78, 5) is 12.1. The highest BCUT2D eigenvalue weighted by Gasteiger charge is 2.42. The van der Waals surface area contributed by atoms with E-state index in [0.717, 1.165) is 16.8 Å². The molecule has 1 aromatic heterocycles. The number of carbonyl (C=O) groups excluding carboxylic acids is 1. The molecule has 3 atom stereocenters. The first-order valence-corrected chi connectivity index (χ1v) is 9.45. The summed E-state index contributed by atoms with van der Waals surface area (Å²) in [5, 5.41) is 15.8. The number of anilines is 1. The van der Waals surface area contributed by atoms with Gasteiger partial charge in [0, 0.05) is 5.69 Å². The molecule has 1 heterocycles. The molecule has 6 nitrogen and oxygen atoms in total. The summed E-state index contributed by atoms with van der Waals surface area (Å²) in [6.45, 7) is 2.02. The number of aryl methyl sites for hydroxylation is 1. The first-order valence-electron chi connectivity index (χ1n) is 8.46. The number of hydrogen-bond acceptors (Lipinski definition) is 5. The van der Waals surface area contributed by atoms with Crippen molar-refractivity contribution in [3.63, 3.8) is 0 Å². The van der Waals surface area contributed by atoms with E-state index in [4.69, 9.17) is 0 Å². The van der Waals surface area contributed by atoms with E-state index in [1.807, 2.05) is 35.9 Å². The number of fused-ring (bicyclic) bond motifs is 2. The van der Waals surface area contributed by atoms with Gasteiger partial charge in [0.1, 0.15) is 0 Å². The quantitative estimate of drug-likeness (QED) is 0.845. The van der Waals surface area contributed by atoms with Gasteiger partial charge in [0.15, 0.2) is 0 Å². The van der Waals surface area contributed by atoms with Gasteiger partial charge in [0.25, 0.3) is 0 Å². The van der Waals surface area contributed by atoms with Crippen LogP contribution in [0, 0.1) is 18.8 Å². The smallest absolute Gasteiger partial charge is 0.234 e. The van der Waals surface area contributed by atoms with Crippen LogP contribution in [0.1, 0.15) is 37.3 Å². The van der Waals surface area contributed by atoms with Crippen molar-refractivity contribution >= 4 is 23.4 Å². The summed E-state index contributed by atoms with van der Waals surface area (Å²) < 4.78 is 1.95. The third-order valence-corrected chi connectivity index (χ3v) is 6.08. The van der Waals surface area contributed by atoms with Crippen LogP contribution in [0.2, 0.25) is 0 Å². The Kier molecular flexibility index (Phi) is 4.26. The van der Waals surface area contributed by atoms with Crippen LogP contribution in [0.5, 0.6) is 0 Å². The van der Waals surface area contributed by atoms with Crippen molar-refractivity contribution in [2.45, 2.75) is 43.8 Å². The van der Waals surface area contributed by atoms with Crippen LogP contribution in [0.25, 0.3) is 0 Å². The Bertz CT molecular complexity index is 729. The molecular weight excluding hydrogens is 322 g/mol. The van der Waals surface area contributed by atoms with Gasteiger partial charge in [-0.25, -0.2) is 4.68 Å². The van der Waals surface area contributed by atoms with Crippen molar-refractivity contribution in [1.29, 1.82) is 0 Å². The second-order valence-electron chi connectivity index (χ2n) is 6.85. The molecule has 2 bridgehead atoms. The van der Waals surface area contributed by atoms with Gasteiger partial charge in [0.2, 0.25) is 11.1 Å². The number of nitrogens with zero attached hydrogens (tertiary/aromatic N) is 4. The minimum absolute atomic E-state index is 0.0358. The van der Waals surface area contributed by atoms with Crippen molar-refractivity contribution < 1.29 is 4.79 Å². The van der Waals surface area contributed by atoms with Crippen LogP contribution in [0.15, 0.2) is 29.4 Å². The predicted octanol–water partition coefficient (Wildman–Crippen LogP) is 3.07. The molecule has 2 aliphatic rings. The van der Waals surface area contributed by atoms with E-state index in [-0.39, 0.29) is 5.91 Å². The van der Waals surface area contributed by atoms with Crippen molar-refractivity contribution in [3.8, 4) is 0 Å². The van der Waals surface area contributed by atoms with Gasteiger partial charge < -0.3 is 5.32 Å². The van der Waals surface area contributed by atoms with Crippen molar-refractivity contribution in [1.82, 2.24) is 20.2 Å². The van der Waals surface area contributed by atoms with Gasteiger partial charge in [-0.05, 0) is 60.6 Å². The standard InChI is InChI=1S/C17H21N5OS/c1-11-2-6-14(7-3-11)18-16(23)10-24-17-19-20-21-22(17)15-9-12-4-5-13(15)8-12/h2-3,6-7,12-13,15H,4-5,8-10H2,1H3,(H,18,23)/t12-,13+,15-/m0/s1. The summed E-state index contributed by atoms with van der Waals surface area (Å²) in [6, 6.07) is 8.21. The van der Waals surface area contributed by atoms with E-state index in [1.54, 1.807) is 0 Å². The molecule has 0 spiro atoms. The monoisotopic (exact) mass is 343 g/mol. The highest BCUT2D eigenvalue weighted by atomic mass is 32.2. The van der Waals surface area contributed by atoms with E-state index < -0.39 is 0 Å². The van der Waals surface area contributed by atoms with Gasteiger partial charge in [-0.15, -0.1) is 5.10 Å². The minimum Gasteiger partial charge on any atom is -0.325 e. The maximum absolute atomic E-state index is 12.1. The molecular formula is C17H21N5OS. The Morgan fingerprint density at radius 1 is 1.29 bits per heavy atom. The molecule has 126 valence electrons. The van der Waals surface area contributed by atoms with Crippen LogP contribution >= 0.6 is 11.8 Å². The third-order valence-electron chi connectivity index (χ3n) is 5.15. The van der Waals surface area contributed by atoms with Crippen LogP contribution in [0.4, 0.5) is 5.69 Å². The van der Waals surface area contributed by atoms with Gasteiger partial charge in [0.05, 0.1) is 11.8 Å². The fraction of sp³-hybridized carbons (Fsp3) is 0.529. The minimum atomic E-state index is -0.0358. The number of aromatic nitrogens is 4. The summed E-state index contributed by atoms with van der Waals surface area (Å²) in [6.07, 6.45) is 5.12. The summed E-state index contributed by atoms with van der Waals surface area (Å²) in [5.41, 5.74) is 1.99. The largest absolute Gasteiger partial charge is 0.325 e. The molecule has 2 fully saturated rings. The Morgan fingerprint density at radius 3 is 2.83 bits per heavy atom. The van der Waals surface area contributed by atoms with Crippen LogP contribution in [-0.4, -0.2) is 31.9 Å². The molecule has 7 heteroatoms. The molecule has 0 radical (unpaired) electrons. The van der Waals surface area contributed by atoms with Crippen molar-refractivity contribution in [3.05, 3.63) is 29.8 Å². The topological polar surface area (TPSA) is 72.7 Å². The third kappa shape index (κ3) is 3.17. The maximum Gasteiger partial charge on any atom is 0.234 e. The maximum atomic E-state index is 12.1. The average molecular weight is 343 g/mol. The van der Waals surface area contributed by atoms with Crippen LogP contribution in [0.3, 0.4) is 0 Å². The molecule has 2 aliphatic carbocycles. The van der Waals surface area contributed by atoms with E-state index >= 15 is 0 Å². The molecule has 1 N–H and O–H groups in total. The second-order valence-corrected chi connectivity index (χ2v) is 7.79. The van der Waals surface area contributed by atoms with Crippen molar-refractivity contribution in [2.24, 2.45) is 11.8 Å². The van der Waals surface area contributed by atoms with E-state index in [2.05, 4.69) is 20.8 Å². The Hall–Kier alpha value is -1.89. The summed E-state index contributed by atoms with van der Waals surface area (Å²) in [7, 11) is 0. The zero-order valence-electron chi connectivity index (χ0n) is 13.7. The highest BCUT2D eigenvalue weighted by molar-refractivity contribution is 7.99. The molecule has 2 aromatic rings. The van der Waals surface area contributed by atoms with Gasteiger partial charge in [-0.1, -0.05) is 35.9 Å². The summed E-state index contributed by atoms with van der Waals surface area (Å²) >= 11 is 1.41. The zero-order valence-corrected chi connectivity index (χ0v) is 14.5. The van der Waals surface area contributed by atoms with Crippen LogP contribution < -0.4 is 5.32 Å². The zero-order chi connectivity index (χ0) is 16.5. The lowest BCUT2D eigenvalue weighted by molar-refractivity contribution is -0.113. The molecule has 0 unspecified atom stereocenters. The van der Waals surface area contributed by atoms with Gasteiger partial charge in [-0.2, -0.15) is 0 Å². The first kappa shape index (κ1) is 15.6. The Morgan fingerprint density at radius 2 is 2.12 bits per heavy atom. The number of benzene rings is 1. The van der Waals surface area contributed by atoms with E-state index in [1.165, 1.54) is 43.0 Å². The molecule has 1 amide bonds. The number of amides is 1. The molecule has 4 rings (SSSR count). The first-order chi connectivity index (χ1) is 11.7. The Labute approximate surface area is 145 Å². The fourth-order valence-corrected chi connectivity index (χ4v) is 4.69. The van der Waals surface area contributed by atoms with Crippen molar-refractivity contribution in [2.75, 3.05) is 11.1 Å². The number of rotatable bonds is 5. The van der Waals surface area contributed by atoms with Gasteiger partial charge in [-0.3, -0.25) is 4.79 Å². The number of nitrogens with one attached hydrogen (secondary N) is 1.